The Labute approximate surface area is 228 Å². The molecule has 0 aromatic heterocycles. The van der Waals surface area contributed by atoms with Crippen molar-refractivity contribution in [3.05, 3.63) is 83.7 Å². The highest BCUT2D eigenvalue weighted by Crippen LogP contribution is 2.47. The number of hydrogen-bond donors (Lipinski definition) is 1. The number of halogens is 1. The van der Waals surface area contributed by atoms with Crippen LogP contribution in [0.1, 0.15) is 62.5 Å². The number of non-ortho nitro benzene ring substituents is 1. The molecule has 3 aliphatic rings. The molecule has 1 N–H and O–H groups in total. The molecule has 192 valence electrons. The van der Waals surface area contributed by atoms with Crippen LogP contribution in [0.4, 0.5) is 5.69 Å². The van der Waals surface area contributed by atoms with E-state index in [-0.39, 0.29) is 23.9 Å². The van der Waals surface area contributed by atoms with Crippen molar-refractivity contribution in [3.8, 4) is 11.5 Å². The van der Waals surface area contributed by atoms with Gasteiger partial charge in [-0.3, -0.25) is 19.7 Å². The monoisotopic (exact) mass is 614 g/mol. The molecule has 0 fully saturated rings. The lowest BCUT2D eigenvalue weighted by Crippen LogP contribution is -2.36. The van der Waals surface area contributed by atoms with E-state index in [9.17, 15) is 19.7 Å². The van der Waals surface area contributed by atoms with E-state index in [2.05, 4.69) is 27.9 Å². The van der Waals surface area contributed by atoms with Crippen LogP contribution in [0.15, 0.2) is 58.9 Å². The van der Waals surface area contributed by atoms with E-state index < -0.39 is 10.8 Å². The van der Waals surface area contributed by atoms with Gasteiger partial charge in [-0.05, 0) is 78.5 Å². The second-order valence-electron chi connectivity index (χ2n) is 9.37. The third-order valence-electron chi connectivity index (χ3n) is 6.96. The molecule has 1 aliphatic heterocycles. The predicted molar refractivity (Wildman–Crippen MR) is 145 cm³/mol. The summed E-state index contributed by atoms with van der Waals surface area (Å²) in [6.45, 7) is 2.41. The van der Waals surface area contributed by atoms with E-state index in [1.807, 2.05) is 19.1 Å². The summed E-state index contributed by atoms with van der Waals surface area (Å²) < 4.78 is 12.9. The Morgan fingerprint density at radius 1 is 1.00 bits per heavy atom. The van der Waals surface area contributed by atoms with Gasteiger partial charge >= 0.3 is 0 Å². The van der Waals surface area contributed by atoms with E-state index in [1.165, 1.54) is 12.1 Å². The van der Waals surface area contributed by atoms with Gasteiger partial charge in [-0.15, -0.1) is 0 Å². The Balaban J connectivity index is 1.55. The fourth-order valence-corrected chi connectivity index (χ4v) is 6.17. The number of nitrogens with one attached hydrogen (secondary N) is 1. The van der Waals surface area contributed by atoms with Gasteiger partial charge in [0.05, 0.1) is 15.1 Å². The van der Waals surface area contributed by atoms with Gasteiger partial charge in [-0.2, -0.15) is 0 Å². The molecule has 0 radical (unpaired) electrons. The summed E-state index contributed by atoms with van der Waals surface area (Å²) >= 11 is 2.18. The third-order valence-corrected chi connectivity index (χ3v) is 7.76. The third kappa shape index (κ3) is 5.01. The molecule has 37 heavy (non-hydrogen) atoms. The summed E-state index contributed by atoms with van der Waals surface area (Å²) in [5, 5.41) is 14.6. The highest BCUT2D eigenvalue weighted by atomic mass is 127. The first-order chi connectivity index (χ1) is 17.9. The summed E-state index contributed by atoms with van der Waals surface area (Å²) in [5.41, 5.74) is 4.78. The molecule has 0 bridgehead atoms. The molecular formula is C28H27IN2O6. The number of Topliss-reactive ketones (excluding diaryl/α,β-unsaturated/α-hetero) is 2. The largest absolute Gasteiger partial charge is 0.490 e. The quantitative estimate of drug-likeness (QED) is 0.236. The van der Waals surface area contributed by atoms with Crippen LogP contribution in [0.25, 0.3) is 0 Å². The van der Waals surface area contributed by atoms with Gasteiger partial charge in [0.15, 0.2) is 23.1 Å². The number of hydrogen-bond acceptors (Lipinski definition) is 7. The molecular weight excluding hydrogens is 587 g/mol. The van der Waals surface area contributed by atoms with Crippen molar-refractivity contribution in [2.45, 2.75) is 58.0 Å². The predicted octanol–water partition coefficient (Wildman–Crippen LogP) is 5.88. The highest BCUT2D eigenvalue weighted by Gasteiger charge is 2.40. The zero-order valence-corrected chi connectivity index (χ0v) is 22.6. The molecule has 2 aromatic carbocycles. The van der Waals surface area contributed by atoms with E-state index >= 15 is 0 Å². The average molecular weight is 614 g/mol. The van der Waals surface area contributed by atoms with E-state index in [4.69, 9.17) is 9.47 Å². The molecule has 2 aromatic rings. The van der Waals surface area contributed by atoms with E-state index in [0.29, 0.717) is 47.7 Å². The van der Waals surface area contributed by atoms with Crippen LogP contribution in [-0.4, -0.2) is 23.1 Å². The summed E-state index contributed by atoms with van der Waals surface area (Å²) in [7, 11) is 0. The number of carbonyl (C=O) groups is 2. The van der Waals surface area contributed by atoms with Gasteiger partial charge in [-0.1, -0.05) is 12.1 Å². The first-order valence-electron chi connectivity index (χ1n) is 12.5. The maximum atomic E-state index is 13.2. The van der Waals surface area contributed by atoms with Gasteiger partial charge in [0, 0.05) is 53.4 Å². The van der Waals surface area contributed by atoms with Gasteiger partial charge in [0.2, 0.25) is 0 Å². The van der Waals surface area contributed by atoms with Crippen LogP contribution in [0, 0.1) is 13.7 Å². The first kappa shape index (κ1) is 25.4. The van der Waals surface area contributed by atoms with E-state index in [0.717, 1.165) is 46.2 Å². The molecule has 5 rings (SSSR count). The van der Waals surface area contributed by atoms with Crippen LogP contribution < -0.4 is 14.8 Å². The summed E-state index contributed by atoms with van der Waals surface area (Å²) in [5.74, 6) is 0.792. The number of rotatable bonds is 7. The van der Waals surface area contributed by atoms with Crippen molar-refractivity contribution in [2.75, 3.05) is 6.61 Å². The second-order valence-corrected chi connectivity index (χ2v) is 10.5. The average Bonchev–Trinajstić information content (AvgIpc) is 2.87. The van der Waals surface area contributed by atoms with Gasteiger partial charge in [0.25, 0.3) is 5.69 Å². The Kier molecular flexibility index (Phi) is 7.32. The minimum Gasteiger partial charge on any atom is -0.490 e. The number of ether oxygens (including phenoxy) is 2. The number of benzene rings is 2. The van der Waals surface area contributed by atoms with Crippen LogP contribution in [0.2, 0.25) is 0 Å². The van der Waals surface area contributed by atoms with Crippen molar-refractivity contribution < 1.29 is 24.0 Å². The lowest BCUT2D eigenvalue weighted by molar-refractivity contribution is -0.384. The molecule has 0 spiro atoms. The molecule has 2 aliphatic carbocycles. The number of dihydropyridines is 1. The highest BCUT2D eigenvalue weighted by molar-refractivity contribution is 14.1. The van der Waals surface area contributed by atoms with Gasteiger partial charge in [0.1, 0.15) is 6.61 Å². The zero-order chi connectivity index (χ0) is 26.1. The first-order valence-corrected chi connectivity index (χ1v) is 13.6. The lowest BCUT2D eigenvalue weighted by Gasteiger charge is -2.37. The molecule has 8 nitrogen and oxygen atoms in total. The zero-order valence-electron chi connectivity index (χ0n) is 20.5. The lowest BCUT2D eigenvalue weighted by atomic mass is 9.71. The molecule has 0 unspecified atom stereocenters. The summed E-state index contributed by atoms with van der Waals surface area (Å²) in [6, 6.07) is 10.2. The summed E-state index contributed by atoms with van der Waals surface area (Å²) in [6.07, 6.45) is 4.16. The molecule has 0 saturated heterocycles. The number of allylic oxidation sites excluding steroid dienone is 4. The molecule has 0 atom stereocenters. The minimum absolute atomic E-state index is 0.00420. The van der Waals surface area contributed by atoms with Crippen molar-refractivity contribution >= 4 is 39.8 Å². The Morgan fingerprint density at radius 2 is 1.68 bits per heavy atom. The standard InChI is InChI=1S/C28H27IN2O6/c1-2-36-24-14-17(13-19(29)28(24)37-15-16-6-3-7-18(12-16)31(34)35)25-26-20(8-4-10-22(26)32)30-21-9-5-11-23(33)27(21)25/h3,6-7,12-14,25,30H,2,4-5,8-11,15H2,1H3. The SMILES string of the molecule is CCOc1cc(C2C3=C(CCCC3=O)NC3=C2C(=O)CCC3)cc(I)c1OCc1cccc([N+](=O)[O-])c1. The second kappa shape index (κ2) is 10.6. The Hall–Kier alpha value is -3.21. The molecule has 9 heteroatoms. The van der Waals surface area contributed by atoms with Crippen LogP contribution in [0.5, 0.6) is 11.5 Å². The van der Waals surface area contributed by atoms with E-state index in [1.54, 1.807) is 12.1 Å². The number of nitrogens with zero attached hydrogens (tertiary/aromatic N) is 1. The number of ketones is 2. The van der Waals surface area contributed by atoms with Crippen molar-refractivity contribution in [2.24, 2.45) is 0 Å². The molecule has 0 saturated carbocycles. The normalized spacial score (nSPS) is 17.8. The van der Waals surface area contributed by atoms with Crippen LogP contribution in [-0.2, 0) is 16.2 Å². The van der Waals surface area contributed by atoms with Crippen molar-refractivity contribution in [1.82, 2.24) is 5.32 Å². The fourth-order valence-electron chi connectivity index (χ4n) is 5.39. The Bertz CT molecular complexity index is 1320. The maximum absolute atomic E-state index is 13.2. The smallest absolute Gasteiger partial charge is 0.269 e. The van der Waals surface area contributed by atoms with Gasteiger partial charge in [-0.25, -0.2) is 0 Å². The Morgan fingerprint density at radius 3 is 2.30 bits per heavy atom. The molecule has 1 heterocycles. The number of nitro groups is 1. The molecule has 0 amide bonds. The van der Waals surface area contributed by atoms with Crippen LogP contribution in [0.3, 0.4) is 0 Å². The minimum atomic E-state index is -0.433. The number of carbonyl (C=O) groups excluding carboxylic acids is 2. The topological polar surface area (TPSA) is 108 Å². The van der Waals surface area contributed by atoms with Crippen molar-refractivity contribution in [1.29, 1.82) is 0 Å². The number of nitro benzene ring substituents is 1. The van der Waals surface area contributed by atoms with Crippen molar-refractivity contribution in [3.63, 3.8) is 0 Å². The fraction of sp³-hybridized carbons (Fsp3) is 0.357. The van der Waals surface area contributed by atoms with Crippen LogP contribution >= 0.6 is 22.6 Å². The van der Waals surface area contributed by atoms with Gasteiger partial charge < -0.3 is 14.8 Å². The summed E-state index contributed by atoms with van der Waals surface area (Å²) in [4.78, 5) is 37.0. The maximum Gasteiger partial charge on any atom is 0.269 e.